The van der Waals surface area contributed by atoms with Crippen LogP contribution in [0.5, 0.6) is 0 Å². The van der Waals surface area contributed by atoms with Crippen molar-refractivity contribution in [3.63, 3.8) is 0 Å². The molecule has 0 fully saturated rings. The molecule has 0 saturated heterocycles. The largest absolute Gasteiger partial charge is 0.396 e. The van der Waals surface area contributed by atoms with Crippen LogP contribution in [0.3, 0.4) is 0 Å². The summed E-state index contributed by atoms with van der Waals surface area (Å²) in [7, 11) is 0. The molecule has 3 heteroatoms. The molecule has 0 aromatic rings. The van der Waals surface area contributed by atoms with Gasteiger partial charge in [0.15, 0.2) is 0 Å². The summed E-state index contributed by atoms with van der Waals surface area (Å²) in [6.45, 7) is 1.86. The van der Waals surface area contributed by atoms with Crippen molar-refractivity contribution in [1.29, 1.82) is 0 Å². The van der Waals surface area contributed by atoms with Crippen LogP contribution in [0.1, 0.15) is 32.6 Å². The van der Waals surface area contributed by atoms with Crippen LogP contribution < -0.4 is 0 Å². The van der Waals surface area contributed by atoms with Crippen LogP contribution in [0.25, 0.3) is 0 Å². The number of carbonyl (C=O) groups is 1. The third-order valence-electron chi connectivity index (χ3n) is 1.55. The molecule has 0 aliphatic heterocycles. The molecule has 0 radical (unpaired) electrons. The highest BCUT2D eigenvalue weighted by atomic mass is 16.3. The van der Waals surface area contributed by atoms with Gasteiger partial charge in [0.1, 0.15) is 5.78 Å². The van der Waals surface area contributed by atoms with Crippen molar-refractivity contribution in [3.8, 4) is 0 Å². The summed E-state index contributed by atoms with van der Waals surface area (Å²) in [6, 6.07) is 0. The maximum absolute atomic E-state index is 10.8. The molecule has 3 nitrogen and oxygen atoms in total. The maximum Gasteiger partial charge on any atom is 0.135 e. The molecular formula is C8H16O3. The number of rotatable bonds is 6. The predicted molar refractivity (Wildman–Crippen MR) is 42.2 cm³/mol. The molecule has 2 N–H and O–H groups in total. The van der Waals surface area contributed by atoms with Crippen molar-refractivity contribution in [3.05, 3.63) is 0 Å². The summed E-state index contributed by atoms with van der Waals surface area (Å²) in [5.41, 5.74) is 0. The Bertz CT molecular complexity index is 112. The minimum absolute atomic E-state index is 0.0791. The zero-order chi connectivity index (χ0) is 8.69. The van der Waals surface area contributed by atoms with E-state index in [0.717, 1.165) is 0 Å². The lowest BCUT2D eigenvalue weighted by Gasteiger charge is -2.06. The minimum atomic E-state index is -0.561. The summed E-state index contributed by atoms with van der Waals surface area (Å²) < 4.78 is 0. The van der Waals surface area contributed by atoms with Crippen molar-refractivity contribution in [2.24, 2.45) is 0 Å². The molecule has 66 valence electrons. The lowest BCUT2D eigenvalue weighted by molar-refractivity contribution is -0.120. The molecule has 0 aromatic heterocycles. The number of aliphatic hydroxyl groups excluding tert-OH is 2. The highest BCUT2D eigenvalue weighted by Gasteiger charge is 2.07. The first-order chi connectivity index (χ1) is 5.20. The molecule has 0 amide bonds. The van der Waals surface area contributed by atoms with E-state index in [4.69, 9.17) is 10.2 Å². The lowest BCUT2D eigenvalue weighted by atomic mass is 10.1. The normalized spacial score (nSPS) is 13.0. The van der Waals surface area contributed by atoms with Gasteiger partial charge < -0.3 is 10.2 Å². The van der Waals surface area contributed by atoms with E-state index in [1.165, 1.54) is 0 Å². The molecule has 0 rings (SSSR count). The minimum Gasteiger partial charge on any atom is -0.396 e. The third kappa shape index (κ3) is 6.01. The molecule has 0 spiro atoms. The van der Waals surface area contributed by atoms with Gasteiger partial charge in [-0.25, -0.2) is 0 Å². The van der Waals surface area contributed by atoms with Crippen molar-refractivity contribution >= 4 is 5.78 Å². The van der Waals surface area contributed by atoms with Gasteiger partial charge in [0.2, 0.25) is 0 Å². The Hall–Kier alpha value is -0.410. The highest BCUT2D eigenvalue weighted by Crippen LogP contribution is 2.02. The summed E-state index contributed by atoms with van der Waals surface area (Å²) >= 11 is 0. The predicted octanol–water partition coefficient (Wildman–Crippen LogP) is 0.489. The van der Waals surface area contributed by atoms with Crippen LogP contribution in [-0.2, 0) is 4.79 Å². The van der Waals surface area contributed by atoms with E-state index in [2.05, 4.69) is 0 Å². The maximum atomic E-state index is 10.8. The molecule has 0 bridgehead atoms. The first kappa shape index (κ1) is 10.6. The molecule has 1 unspecified atom stereocenters. The molecule has 0 aromatic carbocycles. The van der Waals surface area contributed by atoms with Crippen LogP contribution in [0.15, 0.2) is 0 Å². The van der Waals surface area contributed by atoms with Crippen molar-refractivity contribution in [1.82, 2.24) is 0 Å². The fourth-order valence-electron chi connectivity index (χ4n) is 0.836. The van der Waals surface area contributed by atoms with Gasteiger partial charge in [-0.3, -0.25) is 4.79 Å². The number of hydrogen-bond acceptors (Lipinski definition) is 3. The summed E-state index contributed by atoms with van der Waals surface area (Å²) in [6.07, 6.45) is 1.24. The van der Waals surface area contributed by atoms with Crippen LogP contribution in [-0.4, -0.2) is 28.7 Å². The van der Waals surface area contributed by atoms with Gasteiger partial charge >= 0.3 is 0 Å². The molecule has 11 heavy (non-hydrogen) atoms. The highest BCUT2D eigenvalue weighted by molar-refractivity contribution is 5.78. The molecule has 0 aliphatic carbocycles. The zero-order valence-electron chi connectivity index (χ0n) is 6.92. The Morgan fingerprint density at radius 1 is 1.55 bits per heavy atom. The van der Waals surface area contributed by atoms with E-state index < -0.39 is 6.10 Å². The Labute approximate surface area is 67.0 Å². The second kappa shape index (κ2) is 6.31. The monoisotopic (exact) mass is 160 g/mol. The van der Waals surface area contributed by atoms with Crippen LogP contribution in [0.2, 0.25) is 0 Å². The Morgan fingerprint density at radius 3 is 2.64 bits per heavy atom. The van der Waals surface area contributed by atoms with E-state index in [-0.39, 0.29) is 18.8 Å². The number of Topliss-reactive ketones (excluding diaryl/α,β-unsaturated/α-hetero) is 1. The quantitative estimate of drug-likeness (QED) is 0.594. The smallest absolute Gasteiger partial charge is 0.135 e. The van der Waals surface area contributed by atoms with Crippen LogP contribution >= 0.6 is 0 Å². The SMILES string of the molecule is CCC(=O)CC(O)CCCO. The average Bonchev–Trinajstić information content (AvgIpc) is 2.00. The second-order valence-corrected chi connectivity index (χ2v) is 2.62. The van der Waals surface area contributed by atoms with Crippen molar-refractivity contribution in [2.75, 3.05) is 6.61 Å². The van der Waals surface area contributed by atoms with Gasteiger partial charge in [-0.1, -0.05) is 6.92 Å². The summed E-state index contributed by atoms with van der Waals surface area (Å²) in [5.74, 6) is 0.0791. The first-order valence-electron chi connectivity index (χ1n) is 4.01. The second-order valence-electron chi connectivity index (χ2n) is 2.62. The van der Waals surface area contributed by atoms with E-state index >= 15 is 0 Å². The molecule has 1 atom stereocenters. The van der Waals surface area contributed by atoms with Crippen LogP contribution in [0.4, 0.5) is 0 Å². The Balaban J connectivity index is 3.35. The van der Waals surface area contributed by atoms with Gasteiger partial charge in [-0.15, -0.1) is 0 Å². The van der Waals surface area contributed by atoms with Crippen molar-refractivity contribution in [2.45, 2.75) is 38.7 Å². The Morgan fingerprint density at radius 2 is 2.18 bits per heavy atom. The Kier molecular flexibility index (Phi) is 6.07. The molecule has 0 aliphatic rings. The van der Waals surface area contributed by atoms with Gasteiger partial charge in [0.25, 0.3) is 0 Å². The van der Waals surface area contributed by atoms with Crippen molar-refractivity contribution < 1.29 is 15.0 Å². The first-order valence-corrected chi connectivity index (χ1v) is 4.01. The topological polar surface area (TPSA) is 57.5 Å². The van der Waals surface area contributed by atoms with Crippen LogP contribution in [0, 0.1) is 0 Å². The number of carbonyl (C=O) groups excluding carboxylic acids is 1. The van der Waals surface area contributed by atoms with E-state index in [1.54, 1.807) is 6.92 Å². The van der Waals surface area contributed by atoms with Gasteiger partial charge in [-0.2, -0.15) is 0 Å². The average molecular weight is 160 g/mol. The number of aliphatic hydroxyl groups is 2. The summed E-state index contributed by atoms with van der Waals surface area (Å²) in [4.78, 5) is 10.8. The number of hydrogen-bond donors (Lipinski definition) is 2. The molecule has 0 heterocycles. The van der Waals surface area contributed by atoms with Gasteiger partial charge in [0, 0.05) is 19.4 Å². The summed E-state index contributed by atoms with van der Waals surface area (Å²) in [5, 5.41) is 17.6. The fourth-order valence-corrected chi connectivity index (χ4v) is 0.836. The van der Waals surface area contributed by atoms with E-state index in [9.17, 15) is 4.79 Å². The fraction of sp³-hybridized carbons (Fsp3) is 0.875. The third-order valence-corrected chi connectivity index (χ3v) is 1.55. The standard InChI is InChI=1S/C8H16O3/c1-2-7(10)6-8(11)4-3-5-9/h8-9,11H,2-6H2,1H3. The zero-order valence-corrected chi connectivity index (χ0v) is 6.92. The van der Waals surface area contributed by atoms with Gasteiger partial charge in [0.05, 0.1) is 6.10 Å². The van der Waals surface area contributed by atoms with Gasteiger partial charge in [-0.05, 0) is 12.8 Å². The van der Waals surface area contributed by atoms with E-state index in [1.807, 2.05) is 0 Å². The number of ketones is 1. The molecule has 0 saturated carbocycles. The van der Waals surface area contributed by atoms with E-state index in [0.29, 0.717) is 19.3 Å². The lowest BCUT2D eigenvalue weighted by Crippen LogP contribution is -2.12. The molecular weight excluding hydrogens is 144 g/mol.